The van der Waals surface area contributed by atoms with E-state index in [0.29, 0.717) is 11.1 Å². The third-order valence-corrected chi connectivity index (χ3v) is 4.47. The normalized spacial score (nSPS) is 17.5. The van der Waals surface area contributed by atoms with Gasteiger partial charge in [0, 0.05) is 12.3 Å². The molecule has 0 aliphatic carbocycles. The second-order valence-electron chi connectivity index (χ2n) is 5.84. The van der Waals surface area contributed by atoms with Crippen LogP contribution in [0.25, 0.3) is 0 Å². The lowest BCUT2D eigenvalue weighted by Gasteiger charge is -2.31. The molecule has 0 aromatic heterocycles. The van der Waals surface area contributed by atoms with Crippen LogP contribution in [0.5, 0.6) is 0 Å². The number of hydrogen-bond donors (Lipinski definition) is 1. The third kappa shape index (κ3) is 4.76. The van der Waals surface area contributed by atoms with Crippen LogP contribution in [0, 0.1) is 20.2 Å². The molecule has 0 bridgehead atoms. The molecule has 30 heavy (non-hydrogen) atoms. The Labute approximate surface area is 172 Å². The van der Waals surface area contributed by atoms with Gasteiger partial charge in [-0.25, -0.2) is 0 Å². The maximum Gasteiger partial charge on any atom is 0.418 e. The van der Waals surface area contributed by atoms with Crippen molar-refractivity contribution in [1.29, 1.82) is 0 Å². The summed E-state index contributed by atoms with van der Waals surface area (Å²) in [7, 11) is 0. The lowest BCUT2D eigenvalue weighted by Crippen LogP contribution is -2.42. The summed E-state index contributed by atoms with van der Waals surface area (Å²) in [6.45, 7) is 0. The standard InChI is InChI=1S/C14H8Cl2F6N4O4/c15-7-1-5(3-13(17,18)19)4-24(12(7)23)10-8(25(27)28)2-6(14(20,21)22)9(16)11(10)26(29)30/h1-2,4,12H,3,23H2. The van der Waals surface area contributed by atoms with Gasteiger partial charge < -0.3 is 10.6 Å². The van der Waals surface area contributed by atoms with Gasteiger partial charge >= 0.3 is 23.7 Å². The molecule has 2 rings (SSSR count). The van der Waals surface area contributed by atoms with Crippen LogP contribution in [0.2, 0.25) is 5.02 Å². The Kier molecular flexibility index (Phi) is 6.26. The average Bonchev–Trinajstić information content (AvgIpc) is 2.54. The number of halogens is 8. The van der Waals surface area contributed by atoms with Crippen LogP contribution < -0.4 is 10.6 Å². The summed E-state index contributed by atoms with van der Waals surface area (Å²) in [6, 6.07) is -0.0686. The maximum atomic E-state index is 13.2. The van der Waals surface area contributed by atoms with Crippen molar-refractivity contribution in [2.24, 2.45) is 5.73 Å². The minimum Gasteiger partial charge on any atom is -0.315 e. The molecule has 1 aliphatic rings. The van der Waals surface area contributed by atoms with Gasteiger partial charge in [0.25, 0.3) is 0 Å². The average molecular weight is 481 g/mol. The van der Waals surface area contributed by atoms with E-state index < -0.39 is 73.0 Å². The molecule has 0 fully saturated rings. The maximum absolute atomic E-state index is 13.2. The molecule has 1 aromatic carbocycles. The number of nitro groups is 2. The second-order valence-corrected chi connectivity index (χ2v) is 6.66. The Morgan fingerprint density at radius 3 is 2.10 bits per heavy atom. The lowest BCUT2D eigenvalue weighted by molar-refractivity contribution is -0.392. The van der Waals surface area contributed by atoms with Crippen molar-refractivity contribution >= 4 is 40.3 Å². The van der Waals surface area contributed by atoms with E-state index in [-0.39, 0.29) is 6.07 Å². The first-order chi connectivity index (χ1) is 13.5. The highest BCUT2D eigenvalue weighted by Crippen LogP contribution is 2.50. The number of nitro benzene ring substituents is 2. The van der Waals surface area contributed by atoms with Crippen LogP contribution in [-0.2, 0) is 6.18 Å². The van der Waals surface area contributed by atoms with Gasteiger partial charge in [0.2, 0.25) is 5.69 Å². The van der Waals surface area contributed by atoms with Gasteiger partial charge in [-0.3, -0.25) is 20.2 Å². The molecule has 2 N–H and O–H groups in total. The molecule has 1 heterocycles. The Hall–Kier alpha value is -2.58. The first-order valence-corrected chi connectivity index (χ1v) is 8.21. The molecule has 8 nitrogen and oxygen atoms in total. The van der Waals surface area contributed by atoms with Crippen LogP contribution in [0.4, 0.5) is 43.4 Å². The first-order valence-electron chi connectivity index (χ1n) is 7.45. The van der Waals surface area contributed by atoms with E-state index >= 15 is 0 Å². The predicted molar refractivity (Wildman–Crippen MR) is 92.9 cm³/mol. The van der Waals surface area contributed by atoms with Crippen molar-refractivity contribution in [3.8, 4) is 0 Å². The fraction of sp³-hybridized carbons (Fsp3) is 0.286. The second kappa shape index (κ2) is 7.92. The molecule has 0 saturated carbocycles. The Balaban J connectivity index is 2.88. The highest BCUT2D eigenvalue weighted by molar-refractivity contribution is 6.34. The zero-order valence-corrected chi connectivity index (χ0v) is 15.6. The summed E-state index contributed by atoms with van der Waals surface area (Å²) in [5.41, 5.74) is -0.972. The van der Waals surface area contributed by atoms with E-state index in [4.69, 9.17) is 28.9 Å². The molecule has 0 spiro atoms. The zero-order valence-electron chi connectivity index (χ0n) is 14.1. The number of nitrogens with two attached hydrogens (primary N) is 1. The predicted octanol–water partition coefficient (Wildman–Crippen LogP) is 5.24. The molecule has 16 heteroatoms. The van der Waals surface area contributed by atoms with Gasteiger partial charge in [0.15, 0.2) is 0 Å². The summed E-state index contributed by atoms with van der Waals surface area (Å²) >= 11 is 11.3. The number of hydrogen-bond acceptors (Lipinski definition) is 6. The van der Waals surface area contributed by atoms with Gasteiger partial charge in [-0.2, -0.15) is 26.3 Å². The Morgan fingerprint density at radius 2 is 1.67 bits per heavy atom. The molecule has 0 radical (unpaired) electrons. The van der Waals surface area contributed by atoms with Crippen LogP contribution in [-0.4, -0.2) is 22.2 Å². The topological polar surface area (TPSA) is 116 Å². The van der Waals surface area contributed by atoms with E-state index in [9.17, 15) is 46.6 Å². The SMILES string of the molecule is NC1C(Cl)=CC(CC(F)(F)F)=CN1c1c([N+](=O)[O-])cc(C(F)(F)F)c(Cl)c1[N+](=O)[O-]. The first kappa shape index (κ1) is 23.7. The van der Waals surface area contributed by atoms with Gasteiger partial charge in [0.05, 0.1) is 26.9 Å². The summed E-state index contributed by atoms with van der Waals surface area (Å²) in [5.74, 6) is 0. The van der Waals surface area contributed by atoms with Gasteiger partial charge in [0.1, 0.15) is 11.2 Å². The van der Waals surface area contributed by atoms with Crippen molar-refractivity contribution in [1.82, 2.24) is 0 Å². The van der Waals surface area contributed by atoms with Crippen molar-refractivity contribution in [3.05, 3.63) is 59.8 Å². The van der Waals surface area contributed by atoms with Gasteiger partial charge in [-0.1, -0.05) is 23.2 Å². The van der Waals surface area contributed by atoms with Crippen LogP contribution in [0.1, 0.15) is 12.0 Å². The summed E-state index contributed by atoms with van der Waals surface area (Å²) in [4.78, 5) is 20.4. The quantitative estimate of drug-likeness (QED) is 0.358. The summed E-state index contributed by atoms with van der Waals surface area (Å²) < 4.78 is 77.7. The minimum atomic E-state index is -5.30. The van der Waals surface area contributed by atoms with E-state index in [2.05, 4.69) is 0 Å². The van der Waals surface area contributed by atoms with Crippen molar-refractivity contribution in [2.45, 2.75) is 24.9 Å². The fourth-order valence-corrected chi connectivity index (χ4v) is 3.18. The molecule has 164 valence electrons. The number of benzene rings is 1. The van der Waals surface area contributed by atoms with Crippen molar-refractivity contribution in [2.75, 3.05) is 4.90 Å². The molecule has 0 amide bonds. The van der Waals surface area contributed by atoms with E-state index in [1.54, 1.807) is 0 Å². The lowest BCUT2D eigenvalue weighted by atomic mass is 10.1. The molecule has 0 saturated heterocycles. The fourth-order valence-electron chi connectivity index (χ4n) is 2.61. The van der Waals surface area contributed by atoms with E-state index in [1.165, 1.54) is 0 Å². The molecule has 1 atom stereocenters. The number of allylic oxidation sites excluding steroid dienone is 2. The monoisotopic (exact) mass is 480 g/mol. The molecular weight excluding hydrogens is 473 g/mol. The number of nitrogens with zero attached hydrogens (tertiary/aromatic N) is 3. The summed E-state index contributed by atoms with van der Waals surface area (Å²) in [6.07, 6.45) is -12.0. The largest absolute Gasteiger partial charge is 0.418 e. The third-order valence-electron chi connectivity index (χ3n) is 3.75. The molecular formula is C14H8Cl2F6N4O4. The van der Waals surface area contributed by atoms with Crippen LogP contribution in [0.15, 0.2) is 28.9 Å². The van der Waals surface area contributed by atoms with Crippen molar-refractivity contribution in [3.63, 3.8) is 0 Å². The van der Waals surface area contributed by atoms with E-state index in [0.717, 1.165) is 6.08 Å². The molecule has 1 aliphatic heterocycles. The van der Waals surface area contributed by atoms with Gasteiger partial charge in [-0.15, -0.1) is 0 Å². The Morgan fingerprint density at radius 1 is 1.10 bits per heavy atom. The number of alkyl halides is 6. The van der Waals surface area contributed by atoms with Crippen molar-refractivity contribution < 1.29 is 36.2 Å². The molecule has 1 aromatic rings. The number of anilines is 1. The highest BCUT2D eigenvalue weighted by Gasteiger charge is 2.45. The smallest absolute Gasteiger partial charge is 0.315 e. The van der Waals surface area contributed by atoms with E-state index in [1.807, 2.05) is 0 Å². The number of rotatable bonds is 4. The summed E-state index contributed by atoms with van der Waals surface area (Å²) in [5, 5.41) is 20.8. The Bertz CT molecular complexity index is 977. The minimum absolute atomic E-state index is 0.0686. The van der Waals surface area contributed by atoms with Gasteiger partial charge in [-0.05, 0) is 11.6 Å². The van der Waals surface area contributed by atoms with Crippen LogP contribution >= 0.6 is 23.2 Å². The zero-order chi connectivity index (χ0) is 23.2. The molecule has 1 unspecified atom stereocenters. The highest BCUT2D eigenvalue weighted by atomic mass is 35.5. The van der Waals surface area contributed by atoms with Crippen LogP contribution in [0.3, 0.4) is 0 Å².